The van der Waals surface area contributed by atoms with Gasteiger partial charge in [0.1, 0.15) is 5.54 Å². The lowest BCUT2D eigenvalue weighted by molar-refractivity contribution is -0.146. The Morgan fingerprint density at radius 3 is 2.50 bits per heavy atom. The van der Waals surface area contributed by atoms with E-state index in [9.17, 15) is 14.7 Å². The second-order valence-electron chi connectivity index (χ2n) is 6.12. The number of carboxylic acids is 1. The van der Waals surface area contributed by atoms with E-state index in [-0.39, 0.29) is 12.1 Å². The highest BCUT2D eigenvalue weighted by Gasteiger charge is 2.43. The van der Waals surface area contributed by atoms with Crippen LogP contribution in [0.25, 0.3) is 0 Å². The number of amides is 2. The van der Waals surface area contributed by atoms with Crippen molar-refractivity contribution in [3.63, 3.8) is 0 Å². The van der Waals surface area contributed by atoms with Gasteiger partial charge in [0.25, 0.3) is 0 Å². The predicted molar refractivity (Wildman–Crippen MR) is 73.5 cm³/mol. The predicted octanol–water partition coefficient (Wildman–Crippen LogP) is 1.45. The molecule has 0 spiro atoms. The van der Waals surface area contributed by atoms with Crippen molar-refractivity contribution in [3.8, 4) is 0 Å². The normalized spacial score (nSPS) is 34.6. The van der Waals surface area contributed by atoms with Gasteiger partial charge in [-0.15, -0.1) is 0 Å². The number of carbonyl (C=O) groups is 2. The standard InChI is InChI=1S/C14H24N2O4/c1-10-3-5-14(6-4-10,12(17)18)15-13(19)16-7-8-20-9-11(16)2/h10-11H,3-9H2,1-2H3,(H,15,19)(H,17,18). The number of rotatable bonds is 2. The zero-order valence-electron chi connectivity index (χ0n) is 12.2. The number of carbonyl (C=O) groups excluding carboxylic acids is 1. The Morgan fingerprint density at radius 1 is 1.30 bits per heavy atom. The monoisotopic (exact) mass is 284 g/mol. The van der Waals surface area contributed by atoms with Crippen molar-refractivity contribution in [3.05, 3.63) is 0 Å². The summed E-state index contributed by atoms with van der Waals surface area (Å²) in [6.45, 7) is 5.56. The Bertz CT molecular complexity index is 377. The third-order valence-corrected chi connectivity index (χ3v) is 4.51. The summed E-state index contributed by atoms with van der Waals surface area (Å²) < 4.78 is 5.30. The van der Waals surface area contributed by atoms with Gasteiger partial charge in [0.05, 0.1) is 19.3 Å². The average Bonchev–Trinajstić information content (AvgIpc) is 2.41. The maximum absolute atomic E-state index is 12.4. The van der Waals surface area contributed by atoms with Gasteiger partial charge < -0.3 is 20.1 Å². The molecule has 1 unspecified atom stereocenters. The van der Waals surface area contributed by atoms with Gasteiger partial charge in [-0.2, -0.15) is 0 Å². The quantitative estimate of drug-likeness (QED) is 0.804. The van der Waals surface area contributed by atoms with Crippen molar-refractivity contribution in [2.45, 2.75) is 51.1 Å². The Labute approximate surface area is 119 Å². The van der Waals surface area contributed by atoms with Crippen molar-refractivity contribution >= 4 is 12.0 Å². The van der Waals surface area contributed by atoms with Gasteiger partial charge in [-0.25, -0.2) is 9.59 Å². The minimum absolute atomic E-state index is 0.0166. The molecular formula is C14H24N2O4. The first-order valence-electron chi connectivity index (χ1n) is 7.34. The second-order valence-corrected chi connectivity index (χ2v) is 6.12. The summed E-state index contributed by atoms with van der Waals surface area (Å²) in [5.74, 6) is -0.389. The molecule has 6 nitrogen and oxygen atoms in total. The number of hydrogen-bond donors (Lipinski definition) is 2. The molecule has 0 aromatic heterocycles. The third-order valence-electron chi connectivity index (χ3n) is 4.51. The van der Waals surface area contributed by atoms with E-state index >= 15 is 0 Å². The van der Waals surface area contributed by atoms with Crippen molar-refractivity contribution in [1.29, 1.82) is 0 Å². The first kappa shape index (κ1) is 15.1. The summed E-state index contributed by atoms with van der Waals surface area (Å²) in [7, 11) is 0. The lowest BCUT2D eigenvalue weighted by atomic mass is 9.77. The van der Waals surface area contributed by atoms with Gasteiger partial charge in [0.15, 0.2) is 0 Å². The highest BCUT2D eigenvalue weighted by atomic mass is 16.5. The van der Waals surface area contributed by atoms with Gasteiger partial charge in [-0.3, -0.25) is 0 Å². The number of nitrogens with zero attached hydrogens (tertiary/aromatic N) is 1. The number of urea groups is 1. The molecule has 0 bridgehead atoms. The molecule has 1 aliphatic carbocycles. The first-order valence-corrected chi connectivity index (χ1v) is 7.34. The number of nitrogens with one attached hydrogen (secondary N) is 1. The molecule has 2 fully saturated rings. The summed E-state index contributed by atoms with van der Waals surface area (Å²) in [6, 6.07) is -0.296. The molecule has 0 aromatic rings. The molecule has 1 heterocycles. The zero-order valence-corrected chi connectivity index (χ0v) is 12.2. The van der Waals surface area contributed by atoms with E-state index in [4.69, 9.17) is 4.74 Å². The van der Waals surface area contributed by atoms with E-state index in [1.54, 1.807) is 4.90 Å². The van der Waals surface area contributed by atoms with Crippen LogP contribution in [0.2, 0.25) is 0 Å². The molecule has 2 N–H and O–H groups in total. The molecule has 2 rings (SSSR count). The largest absolute Gasteiger partial charge is 0.480 e. The zero-order chi connectivity index (χ0) is 14.8. The highest BCUT2D eigenvalue weighted by Crippen LogP contribution is 2.32. The molecule has 6 heteroatoms. The van der Waals surface area contributed by atoms with Crippen LogP contribution >= 0.6 is 0 Å². The van der Waals surface area contributed by atoms with Crippen molar-refractivity contribution in [1.82, 2.24) is 10.2 Å². The van der Waals surface area contributed by atoms with Crippen molar-refractivity contribution < 1.29 is 19.4 Å². The fourth-order valence-corrected chi connectivity index (χ4v) is 2.95. The lowest BCUT2D eigenvalue weighted by Crippen LogP contribution is -2.61. The topological polar surface area (TPSA) is 78.9 Å². The number of aliphatic carboxylic acids is 1. The average molecular weight is 284 g/mol. The van der Waals surface area contributed by atoms with Crippen LogP contribution in [0.1, 0.15) is 39.5 Å². The van der Waals surface area contributed by atoms with Crippen LogP contribution in [0.15, 0.2) is 0 Å². The van der Waals surface area contributed by atoms with Crippen LogP contribution < -0.4 is 5.32 Å². The number of morpholine rings is 1. The molecular weight excluding hydrogens is 260 g/mol. The molecule has 1 saturated heterocycles. The lowest BCUT2D eigenvalue weighted by Gasteiger charge is -2.40. The van der Waals surface area contributed by atoms with Crippen LogP contribution in [0, 0.1) is 5.92 Å². The number of carboxylic acid groups (broad SMARTS) is 1. The molecule has 20 heavy (non-hydrogen) atoms. The van der Waals surface area contributed by atoms with E-state index in [2.05, 4.69) is 12.2 Å². The van der Waals surface area contributed by atoms with Gasteiger partial charge in [-0.05, 0) is 38.5 Å². The first-order chi connectivity index (χ1) is 9.44. The van der Waals surface area contributed by atoms with Crippen molar-refractivity contribution in [2.75, 3.05) is 19.8 Å². The van der Waals surface area contributed by atoms with E-state index in [0.29, 0.717) is 38.5 Å². The molecule has 1 saturated carbocycles. The summed E-state index contributed by atoms with van der Waals surface area (Å²) in [5.41, 5.74) is -1.10. The van der Waals surface area contributed by atoms with Crippen LogP contribution in [-0.4, -0.2) is 53.3 Å². The van der Waals surface area contributed by atoms with Crippen LogP contribution in [0.5, 0.6) is 0 Å². The summed E-state index contributed by atoms with van der Waals surface area (Å²) >= 11 is 0. The van der Waals surface area contributed by atoms with Crippen LogP contribution in [0.3, 0.4) is 0 Å². The molecule has 2 aliphatic rings. The number of ether oxygens (including phenoxy) is 1. The number of hydrogen-bond acceptors (Lipinski definition) is 3. The molecule has 0 radical (unpaired) electrons. The molecule has 114 valence electrons. The summed E-state index contributed by atoms with van der Waals surface area (Å²) in [4.78, 5) is 25.7. The van der Waals surface area contributed by atoms with Crippen molar-refractivity contribution in [2.24, 2.45) is 5.92 Å². The fourth-order valence-electron chi connectivity index (χ4n) is 2.95. The Morgan fingerprint density at radius 2 is 1.95 bits per heavy atom. The van der Waals surface area contributed by atoms with Gasteiger partial charge in [-0.1, -0.05) is 6.92 Å². The third kappa shape index (κ3) is 3.06. The van der Waals surface area contributed by atoms with Crippen LogP contribution in [-0.2, 0) is 9.53 Å². The Balaban J connectivity index is 2.04. The molecule has 0 aromatic carbocycles. The SMILES string of the molecule is CC1CCC(NC(=O)N2CCOCC2C)(C(=O)O)CC1. The minimum Gasteiger partial charge on any atom is -0.480 e. The van der Waals surface area contributed by atoms with E-state index in [0.717, 1.165) is 12.8 Å². The van der Waals surface area contributed by atoms with E-state index < -0.39 is 11.5 Å². The maximum atomic E-state index is 12.4. The van der Waals surface area contributed by atoms with Gasteiger partial charge in [0, 0.05) is 6.54 Å². The molecule has 1 atom stereocenters. The smallest absolute Gasteiger partial charge is 0.329 e. The fraction of sp³-hybridized carbons (Fsp3) is 0.857. The summed E-state index contributed by atoms with van der Waals surface area (Å²) in [6.07, 6.45) is 2.69. The maximum Gasteiger partial charge on any atom is 0.329 e. The van der Waals surface area contributed by atoms with E-state index in [1.807, 2.05) is 6.92 Å². The Hall–Kier alpha value is -1.30. The minimum atomic E-state index is -1.10. The summed E-state index contributed by atoms with van der Waals surface area (Å²) in [5, 5.41) is 12.3. The van der Waals surface area contributed by atoms with Gasteiger partial charge in [0.2, 0.25) is 0 Å². The molecule has 1 aliphatic heterocycles. The van der Waals surface area contributed by atoms with Gasteiger partial charge >= 0.3 is 12.0 Å². The highest BCUT2D eigenvalue weighted by molar-refractivity contribution is 5.86. The Kier molecular flexibility index (Phi) is 4.52. The molecule has 2 amide bonds. The van der Waals surface area contributed by atoms with Crippen LogP contribution in [0.4, 0.5) is 4.79 Å². The second kappa shape index (κ2) is 5.99. The van der Waals surface area contributed by atoms with E-state index in [1.165, 1.54) is 0 Å².